The first-order valence-electron chi connectivity index (χ1n) is 9.00. The molecule has 0 saturated heterocycles. The van der Waals surface area contributed by atoms with Gasteiger partial charge in [-0.3, -0.25) is 9.20 Å². The maximum atomic E-state index is 12.6. The number of hydrogen-bond donors (Lipinski definition) is 1. The number of aromatic nitrogens is 2. The quantitative estimate of drug-likeness (QED) is 0.470. The molecule has 2 aromatic heterocycles. The SMILES string of the molecule is COc1ccc(-c2cn3c(CC(=O)Nc4ccc(C)cc4C)csc3n2)cc1.Cl. The molecule has 2 heterocycles. The number of anilines is 1. The highest BCUT2D eigenvalue weighted by Crippen LogP contribution is 2.26. The van der Waals surface area contributed by atoms with Crippen LogP contribution in [0.25, 0.3) is 16.2 Å². The maximum Gasteiger partial charge on any atom is 0.230 e. The van der Waals surface area contributed by atoms with Crippen molar-refractivity contribution in [3.63, 3.8) is 0 Å². The normalized spacial score (nSPS) is 10.6. The molecule has 5 nitrogen and oxygen atoms in total. The van der Waals surface area contributed by atoms with E-state index in [2.05, 4.69) is 16.4 Å². The Morgan fingerprint density at radius 3 is 2.62 bits per heavy atom. The van der Waals surface area contributed by atoms with Crippen LogP contribution in [-0.2, 0) is 11.2 Å². The first-order valence-corrected chi connectivity index (χ1v) is 9.88. The minimum Gasteiger partial charge on any atom is -0.497 e. The average molecular weight is 428 g/mol. The summed E-state index contributed by atoms with van der Waals surface area (Å²) in [6.07, 6.45) is 2.28. The van der Waals surface area contributed by atoms with Crippen LogP contribution in [0.1, 0.15) is 16.8 Å². The Labute approximate surface area is 179 Å². The van der Waals surface area contributed by atoms with Crippen LogP contribution in [0.4, 0.5) is 5.69 Å². The van der Waals surface area contributed by atoms with Gasteiger partial charge >= 0.3 is 0 Å². The number of carbonyl (C=O) groups is 1. The van der Waals surface area contributed by atoms with Crippen molar-refractivity contribution in [3.05, 3.63) is 70.9 Å². The van der Waals surface area contributed by atoms with Gasteiger partial charge in [0.15, 0.2) is 4.96 Å². The summed E-state index contributed by atoms with van der Waals surface area (Å²) < 4.78 is 7.20. The zero-order valence-electron chi connectivity index (χ0n) is 16.4. The molecule has 1 amide bonds. The molecule has 0 radical (unpaired) electrons. The fourth-order valence-corrected chi connectivity index (χ4v) is 4.04. The van der Waals surface area contributed by atoms with Crippen molar-refractivity contribution in [2.45, 2.75) is 20.3 Å². The number of halogens is 1. The van der Waals surface area contributed by atoms with Gasteiger partial charge in [-0.2, -0.15) is 0 Å². The Balaban J connectivity index is 0.00000240. The van der Waals surface area contributed by atoms with E-state index in [1.807, 2.05) is 66.2 Å². The minimum atomic E-state index is -0.0358. The summed E-state index contributed by atoms with van der Waals surface area (Å²) in [6.45, 7) is 4.04. The predicted molar refractivity (Wildman–Crippen MR) is 121 cm³/mol. The van der Waals surface area contributed by atoms with E-state index in [4.69, 9.17) is 4.74 Å². The van der Waals surface area contributed by atoms with Gasteiger partial charge < -0.3 is 10.1 Å². The van der Waals surface area contributed by atoms with E-state index in [1.165, 1.54) is 16.9 Å². The number of hydrogen-bond acceptors (Lipinski definition) is 4. The molecule has 4 aromatic rings. The Hall–Kier alpha value is -2.83. The van der Waals surface area contributed by atoms with Crippen molar-refractivity contribution in [2.75, 3.05) is 12.4 Å². The van der Waals surface area contributed by atoms with Crippen molar-refractivity contribution in [2.24, 2.45) is 0 Å². The number of ether oxygens (including phenoxy) is 1. The van der Waals surface area contributed by atoms with Gasteiger partial charge in [0.25, 0.3) is 0 Å². The summed E-state index contributed by atoms with van der Waals surface area (Å²) in [4.78, 5) is 18.1. The minimum absolute atomic E-state index is 0. The number of imidazole rings is 1. The number of carbonyl (C=O) groups excluding carboxylic acids is 1. The number of thiazole rings is 1. The highest BCUT2D eigenvalue weighted by molar-refractivity contribution is 7.15. The molecule has 0 saturated carbocycles. The highest BCUT2D eigenvalue weighted by atomic mass is 35.5. The molecule has 0 aliphatic rings. The molecule has 0 aliphatic carbocycles. The van der Waals surface area contributed by atoms with Crippen LogP contribution in [-0.4, -0.2) is 22.4 Å². The molecular weight excluding hydrogens is 406 g/mol. The van der Waals surface area contributed by atoms with Gasteiger partial charge in [-0.05, 0) is 49.7 Å². The lowest BCUT2D eigenvalue weighted by atomic mass is 10.1. The van der Waals surface area contributed by atoms with Crippen molar-refractivity contribution >= 4 is 40.3 Å². The molecule has 7 heteroatoms. The summed E-state index contributed by atoms with van der Waals surface area (Å²) in [7, 11) is 1.65. The van der Waals surface area contributed by atoms with Crippen molar-refractivity contribution < 1.29 is 9.53 Å². The number of nitrogens with one attached hydrogen (secondary N) is 1. The van der Waals surface area contributed by atoms with Crippen LogP contribution in [0.15, 0.2) is 54.0 Å². The van der Waals surface area contributed by atoms with E-state index in [9.17, 15) is 4.79 Å². The summed E-state index contributed by atoms with van der Waals surface area (Å²) in [5.41, 5.74) is 5.92. The third kappa shape index (κ3) is 4.44. The second kappa shape index (κ2) is 8.68. The lowest BCUT2D eigenvalue weighted by Gasteiger charge is -2.09. The molecule has 0 atom stereocenters. The molecule has 1 N–H and O–H groups in total. The Kier molecular flexibility index (Phi) is 6.25. The van der Waals surface area contributed by atoms with Crippen LogP contribution >= 0.6 is 23.7 Å². The van der Waals surface area contributed by atoms with E-state index in [-0.39, 0.29) is 18.3 Å². The lowest BCUT2D eigenvalue weighted by Crippen LogP contribution is -2.16. The number of fused-ring (bicyclic) bond motifs is 1. The van der Waals surface area contributed by atoms with E-state index in [0.717, 1.165) is 38.9 Å². The molecule has 150 valence electrons. The van der Waals surface area contributed by atoms with Gasteiger partial charge in [-0.15, -0.1) is 23.7 Å². The molecule has 0 fully saturated rings. The fourth-order valence-electron chi connectivity index (χ4n) is 3.17. The van der Waals surface area contributed by atoms with E-state index < -0.39 is 0 Å². The standard InChI is InChI=1S/C22H21N3O2S.ClH/c1-14-4-9-19(15(2)10-14)23-21(26)11-17-13-28-22-24-20(12-25(17)22)16-5-7-18(27-3)8-6-16;/h4-10,12-13H,11H2,1-3H3,(H,23,26);1H. The molecular formula is C22H22ClN3O2S. The second-order valence-electron chi connectivity index (χ2n) is 6.78. The van der Waals surface area contributed by atoms with Gasteiger partial charge in [0.2, 0.25) is 5.91 Å². The van der Waals surface area contributed by atoms with E-state index in [0.29, 0.717) is 6.42 Å². The molecule has 0 unspecified atom stereocenters. The van der Waals surface area contributed by atoms with Crippen LogP contribution in [0.3, 0.4) is 0 Å². The van der Waals surface area contributed by atoms with Crippen LogP contribution < -0.4 is 10.1 Å². The number of rotatable bonds is 5. The lowest BCUT2D eigenvalue weighted by molar-refractivity contribution is -0.115. The summed E-state index contributed by atoms with van der Waals surface area (Å²) in [5, 5.41) is 5.00. The predicted octanol–water partition coefficient (Wildman–Crippen LogP) is 5.29. The van der Waals surface area contributed by atoms with E-state index >= 15 is 0 Å². The molecule has 2 aromatic carbocycles. The van der Waals surface area contributed by atoms with Crippen LogP contribution in [0.2, 0.25) is 0 Å². The topological polar surface area (TPSA) is 55.6 Å². The third-order valence-electron chi connectivity index (χ3n) is 4.67. The maximum absolute atomic E-state index is 12.6. The van der Waals surface area contributed by atoms with Gasteiger partial charge in [-0.1, -0.05) is 17.7 Å². The Morgan fingerprint density at radius 1 is 1.17 bits per heavy atom. The number of methoxy groups -OCH3 is 1. The monoisotopic (exact) mass is 427 g/mol. The zero-order valence-corrected chi connectivity index (χ0v) is 18.1. The Bertz CT molecular complexity index is 1150. The van der Waals surface area contributed by atoms with Gasteiger partial charge in [0, 0.05) is 28.5 Å². The van der Waals surface area contributed by atoms with Gasteiger partial charge in [0.05, 0.1) is 19.2 Å². The van der Waals surface area contributed by atoms with Crippen LogP contribution in [0, 0.1) is 13.8 Å². The molecule has 0 aliphatic heterocycles. The largest absolute Gasteiger partial charge is 0.497 e. The Morgan fingerprint density at radius 2 is 1.93 bits per heavy atom. The number of amides is 1. The van der Waals surface area contributed by atoms with Crippen molar-refractivity contribution in [1.29, 1.82) is 0 Å². The summed E-state index contributed by atoms with van der Waals surface area (Å²) in [5.74, 6) is 0.778. The zero-order chi connectivity index (χ0) is 19.7. The first kappa shape index (κ1) is 20.9. The molecule has 0 bridgehead atoms. The fraction of sp³-hybridized carbons (Fsp3) is 0.182. The van der Waals surface area contributed by atoms with E-state index in [1.54, 1.807) is 7.11 Å². The smallest absolute Gasteiger partial charge is 0.230 e. The number of aryl methyl sites for hydroxylation is 2. The van der Waals surface area contributed by atoms with Gasteiger partial charge in [0.1, 0.15) is 5.75 Å². The van der Waals surface area contributed by atoms with Crippen molar-refractivity contribution in [3.8, 4) is 17.0 Å². The molecule has 0 spiro atoms. The van der Waals surface area contributed by atoms with Crippen LogP contribution in [0.5, 0.6) is 5.75 Å². The summed E-state index contributed by atoms with van der Waals surface area (Å²) >= 11 is 1.54. The average Bonchev–Trinajstić information content (AvgIpc) is 3.26. The summed E-state index contributed by atoms with van der Waals surface area (Å²) in [6, 6.07) is 13.8. The highest BCUT2D eigenvalue weighted by Gasteiger charge is 2.13. The molecule has 4 rings (SSSR count). The number of benzene rings is 2. The second-order valence-corrected chi connectivity index (χ2v) is 7.61. The van der Waals surface area contributed by atoms with Crippen molar-refractivity contribution in [1.82, 2.24) is 9.38 Å². The van der Waals surface area contributed by atoms with Gasteiger partial charge in [-0.25, -0.2) is 4.98 Å². The number of nitrogens with zero attached hydrogens (tertiary/aromatic N) is 2. The molecule has 29 heavy (non-hydrogen) atoms. The first-order chi connectivity index (χ1) is 13.5. The third-order valence-corrected chi connectivity index (χ3v) is 5.56.